The molecule has 0 spiro atoms. The number of aliphatic carboxylic acids is 1. The number of carboxylic acid groups (broad SMARTS) is 1. The van der Waals surface area contributed by atoms with E-state index in [0.717, 1.165) is 22.4 Å². The first-order valence-electron chi connectivity index (χ1n) is 10.5. The highest BCUT2D eigenvalue weighted by Gasteiger charge is 2.23. The van der Waals surface area contributed by atoms with Crippen molar-refractivity contribution >= 4 is 17.1 Å². The van der Waals surface area contributed by atoms with Crippen molar-refractivity contribution in [1.29, 1.82) is 0 Å². The molecule has 2 heterocycles. The maximum atomic E-state index is 10.7. The molecule has 0 aliphatic rings. The van der Waals surface area contributed by atoms with Crippen LogP contribution in [0.2, 0.25) is 0 Å². The lowest BCUT2D eigenvalue weighted by Crippen LogP contribution is -2.20. The van der Waals surface area contributed by atoms with Gasteiger partial charge in [-0.1, -0.05) is 42.5 Å². The van der Waals surface area contributed by atoms with Gasteiger partial charge >= 0.3 is 5.97 Å². The Morgan fingerprint density at radius 3 is 2.52 bits per heavy atom. The summed E-state index contributed by atoms with van der Waals surface area (Å²) >= 11 is 0. The highest BCUT2D eigenvalue weighted by molar-refractivity contribution is 6.03. The van der Waals surface area contributed by atoms with E-state index in [9.17, 15) is 4.79 Å². The summed E-state index contributed by atoms with van der Waals surface area (Å²) in [6.07, 6.45) is 1.01. The summed E-state index contributed by atoms with van der Waals surface area (Å²) in [7, 11) is 1.62. The summed E-state index contributed by atoms with van der Waals surface area (Å²) in [5.41, 5.74) is 3.02. The Morgan fingerprint density at radius 1 is 1.06 bits per heavy atom. The third-order valence-electron chi connectivity index (χ3n) is 5.04. The first-order valence-corrected chi connectivity index (χ1v) is 10.5. The summed E-state index contributed by atoms with van der Waals surface area (Å²) in [6, 6.07) is 17.4. The number of hydrogen-bond donors (Lipinski definition) is 1. The Bertz CT molecular complexity index is 1220. The lowest BCUT2D eigenvalue weighted by molar-refractivity contribution is -0.138. The average molecular weight is 448 g/mol. The predicted octanol–water partition coefficient (Wildman–Crippen LogP) is 4.82. The third kappa shape index (κ3) is 5.12. The third-order valence-corrected chi connectivity index (χ3v) is 5.04. The quantitative estimate of drug-likeness (QED) is 0.368. The SMILES string of the molecule is COc1ccc(-c2c(-c3ccccc3)oc3ncnc(OC[C@H](C)OCCC(=O)O)c23)cc1. The van der Waals surface area contributed by atoms with Crippen LogP contribution in [0.1, 0.15) is 13.3 Å². The number of furan rings is 1. The van der Waals surface area contributed by atoms with E-state index in [1.54, 1.807) is 7.11 Å². The first kappa shape index (κ1) is 22.3. The zero-order chi connectivity index (χ0) is 23.2. The number of ether oxygens (including phenoxy) is 3. The second kappa shape index (κ2) is 10.1. The molecule has 1 atom stereocenters. The number of nitrogens with zero attached hydrogens (tertiary/aromatic N) is 2. The van der Waals surface area contributed by atoms with E-state index in [-0.39, 0.29) is 25.7 Å². The molecule has 0 saturated carbocycles. The van der Waals surface area contributed by atoms with Gasteiger partial charge < -0.3 is 23.7 Å². The molecule has 0 saturated heterocycles. The smallest absolute Gasteiger partial charge is 0.305 e. The first-order chi connectivity index (χ1) is 16.1. The van der Waals surface area contributed by atoms with Gasteiger partial charge in [-0.15, -0.1) is 0 Å². The topological polar surface area (TPSA) is 104 Å². The van der Waals surface area contributed by atoms with Crippen molar-refractivity contribution in [2.45, 2.75) is 19.4 Å². The van der Waals surface area contributed by atoms with Gasteiger partial charge in [-0.3, -0.25) is 4.79 Å². The molecule has 33 heavy (non-hydrogen) atoms. The van der Waals surface area contributed by atoms with E-state index in [4.69, 9.17) is 23.7 Å². The molecular weight excluding hydrogens is 424 g/mol. The Hall–Kier alpha value is -3.91. The van der Waals surface area contributed by atoms with Crippen LogP contribution in [-0.4, -0.2) is 47.5 Å². The molecule has 2 aromatic heterocycles. The number of carboxylic acids is 1. The second-order valence-electron chi connectivity index (χ2n) is 7.40. The molecule has 0 bridgehead atoms. The molecule has 0 unspecified atom stereocenters. The van der Waals surface area contributed by atoms with Gasteiger partial charge in [0, 0.05) is 11.1 Å². The van der Waals surface area contributed by atoms with Crippen molar-refractivity contribution < 1.29 is 28.5 Å². The molecule has 0 amide bonds. The lowest BCUT2D eigenvalue weighted by atomic mass is 9.99. The minimum atomic E-state index is -0.906. The van der Waals surface area contributed by atoms with E-state index in [1.807, 2.05) is 61.5 Å². The molecule has 8 nitrogen and oxygen atoms in total. The number of hydrogen-bond acceptors (Lipinski definition) is 7. The normalized spacial score (nSPS) is 11.9. The van der Waals surface area contributed by atoms with Crippen LogP contribution in [0.3, 0.4) is 0 Å². The standard InChI is InChI=1S/C25H24N2O6/c1-16(31-13-12-20(28)29)14-32-24-22-21(17-8-10-19(30-2)11-9-17)23(18-6-4-3-5-7-18)33-25(22)27-15-26-24/h3-11,15-16H,12-14H2,1-2H3,(H,28,29)/t16-/m0/s1. The Morgan fingerprint density at radius 2 is 1.82 bits per heavy atom. The van der Waals surface area contributed by atoms with Crippen LogP contribution in [0.4, 0.5) is 0 Å². The van der Waals surface area contributed by atoms with Gasteiger partial charge in [0.1, 0.15) is 29.8 Å². The summed E-state index contributed by atoms with van der Waals surface area (Å²) in [5, 5.41) is 9.43. The molecule has 1 N–H and O–H groups in total. The summed E-state index contributed by atoms with van der Waals surface area (Å²) < 4.78 is 23.0. The second-order valence-corrected chi connectivity index (χ2v) is 7.40. The monoisotopic (exact) mass is 448 g/mol. The fourth-order valence-electron chi connectivity index (χ4n) is 3.43. The van der Waals surface area contributed by atoms with Crippen LogP contribution in [0.15, 0.2) is 65.3 Å². The Balaban J connectivity index is 1.73. The largest absolute Gasteiger partial charge is 0.497 e. The highest BCUT2D eigenvalue weighted by atomic mass is 16.5. The van der Waals surface area contributed by atoms with Crippen LogP contribution in [0, 0.1) is 0 Å². The highest BCUT2D eigenvalue weighted by Crippen LogP contribution is 2.43. The van der Waals surface area contributed by atoms with Crippen molar-refractivity contribution in [3.8, 4) is 34.1 Å². The molecule has 8 heteroatoms. The fraction of sp³-hybridized carbons (Fsp3) is 0.240. The maximum Gasteiger partial charge on any atom is 0.305 e. The molecule has 0 aliphatic heterocycles. The van der Waals surface area contributed by atoms with E-state index >= 15 is 0 Å². The Kier molecular flexibility index (Phi) is 6.85. The molecule has 4 aromatic rings. The van der Waals surface area contributed by atoms with Crippen LogP contribution in [0.5, 0.6) is 11.6 Å². The van der Waals surface area contributed by atoms with Gasteiger partial charge in [0.05, 0.1) is 26.2 Å². The van der Waals surface area contributed by atoms with Crippen LogP contribution < -0.4 is 9.47 Å². The maximum absolute atomic E-state index is 10.7. The van der Waals surface area contributed by atoms with Crippen LogP contribution in [-0.2, 0) is 9.53 Å². The zero-order valence-corrected chi connectivity index (χ0v) is 18.4. The molecular formula is C25H24N2O6. The minimum absolute atomic E-state index is 0.0636. The Labute approximate surface area is 190 Å². The average Bonchev–Trinajstić information content (AvgIpc) is 3.23. The lowest BCUT2D eigenvalue weighted by Gasteiger charge is -2.14. The van der Waals surface area contributed by atoms with Crippen molar-refractivity contribution in [1.82, 2.24) is 9.97 Å². The number of benzene rings is 2. The van der Waals surface area contributed by atoms with Gasteiger partial charge in [0.25, 0.3) is 0 Å². The van der Waals surface area contributed by atoms with E-state index in [1.165, 1.54) is 6.33 Å². The summed E-state index contributed by atoms with van der Waals surface area (Å²) in [6.45, 7) is 2.12. The van der Waals surface area contributed by atoms with E-state index < -0.39 is 5.97 Å². The van der Waals surface area contributed by atoms with E-state index in [0.29, 0.717) is 22.7 Å². The molecule has 0 radical (unpaired) electrons. The van der Waals surface area contributed by atoms with Gasteiger partial charge in [0.2, 0.25) is 11.6 Å². The summed E-state index contributed by atoms with van der Waals surface area (Å²) in [4.78, 5) is 19.4. The number of fused-ring (bicyclic) bond motifs is 1. The van der Waals surface area contributed by atoms with Gasteiger partial charge in [-0.25, -0.2) is 9.97 Å². The zero-order valence-electron chi connectivity index (χ0n) is 18.4. The van der Waals surface area contributed by atoms with Crippen LogP contribution in [0.25, 0.3) is 33.6 Å². The molecule has 4 rings (SSSR count). The number of rotatable bonds is 10. The van der Waals surface area contributed by atoms with Gasteiger partial charge in [0.15, 0.2) is 0 Å². The number of carbonyl (C=O) groups is 1. The van der Waals surface area contributed by atoms with E-state index in [2.05, 4.69) is 9.97 Å². The van der Waals surface area contributed by atoms with Gasteiger partial charge in [-0.2, -0.15) is 0 Å². The molecule has 0 fully saturated rings. The molecule has 0 aliphatic carbocycles. The number of methoxy groups -OCH3 is 1. The number of aromatic nitrogens is 2. The predicted molar refractivity (Wildman–Crippen MR) is 122 cm³/mol. The van der Waals surface area contributed by atoms with Crippen molar-refractivity contribution in [3.63, 3.8) is 0 Å². The fourth-order valence-corrected chi connectivity index (χ4v) is 3.43. The van der Waals surface area contributed by atoms with Crippen molar-refractivity contribution in [3.05, 3.63) is 60.9 Å². The van der Waals surface area contributed by atoms with Gasteiger partial charge in [-0.05, 0) is 24.6 Å². The molecule has 170 valence electrons. The summed E-state index contributed by atoms with van der Waals surface area (Å²) in [5.74, 6) is 0.863. The van der Waals surface area contributed by atoms with Crippen molar-refractivity contribution in [2.75, 3.05) is 20.3 Å². The minimum Gasteiger partial charge on any atom is -0.497 e. The van der Waals surface area contributed by atoms with Crippen molar-refractivity contribution in [2.24, 2.45) is 0 Å². The van der Waals surface area contributed by atoms with Crippen LogP contribution >= 0.6 is 0 Å². The molecule has 2 aromatic carbocycles.